The molecule has 0 aliphatic heterocycles. The van der Waals surface area contributed by atoms with Gasteiger partial charge >= 0.3 is 0 Å². The predicted molar refractivity (Wildman–Crippen MR) is 99.5 cm³/mol. The number of H-pyrrole nitrogens is 1. The van der Waals surface area contributed by atoms with Gasteiger partial charge in [-0.25, -0.2) is 4.98 Å². The minimum atomic E-state index is -0.00848. The number of nitrogens with one attached hydrogen (secondary N) is 1. The summed E-state index contributed by atoms with van der Waals surface area (Å²) in [7, 11) is 1.86. The van der Waals surface area contributed by atoms with Gasteiger partial charge in [0.2, 0.25) is 5.91 Å². The lowest BCUT2D eigenvalue weighted by Crippen LogP contribution is -2.31. The molecule has 0 aliphatic rings. The summed E-state index contributed by atoms with van der Waals surface area (Å²) in [6.45, 7) is 8.27. The molecule has 0 aliphatic carbocycles. The molecule has 3 rings (SSSR count). The number of aromatic nitrogens is 2. The van der Waals surface area contributed by atoms with Crippen molar-refractivity contribution in [3.63, 3.8) is 0 Å². The molecular formula is C19H23N3OS. The van der Waals surface area contributed by atoms with Crippen molar-refractivity contribution in [2.45, 2.75) is 40.2 Å². The quantitative estimate of drug-likeness (QED) is 0.768. The van der Waals surface area contributed by atoms with Crippen LogP contribution in [0.1, 0.15) is 40.4 Å². The van der Waals surface area contributed by atoms with Crippen LogP contribution in [0.2, 0.25) is 0 Å². The normalized spacial score (nSPS) is 12.5. The molecule has 24 heavy (non-hydrogen) atoms. The van der Waals surface area contributed by atoms with Crippen LogP contribution in [-0.2, 0) is 11.2 Å². The highest BCUT2D eigenvalue weighted by Crippen LogP contribution is 2.29. The van der Waals surface area contributed by atoms with Gasteiger partial charge < -0.3 is 9.88 Å². The number of likely N-dealkylation sites (N-methyl/N-ethyl adjacent to an activating group) is 1. The summed E-state index contributed by atoms with van der Waals surface area (Å²) in [5.74, 6) is 0.114. The summed E-state index contributed by atoms with van der Waals surface area (Å²) in [4.78, 5) is 22.4. The van der Waals surface area contributed by atoms with Gasteiger partial charge in [-0.3, -0.25) is 4.79 Å². The van der Waals surface area contributed by atoms with E-state index in [0.717, 1.165) is 21.8 Å². The topological polar surface area (TPSA) is 49.0 Å². The van der Waals surface area contributed by atoms with Gasteiger partial charge in [-0.15, -0.1) is 11.3 Å². The van der Waals surface area contributed by atoms with E-state index in [1.54, 1.807) is 22.4 Å². The Hall–Kier alpha value is -2.14. The molecule has 126 valence electrons. The number of hydrogen-bond acceptors (Lipinski definition) is 3. The van der Waals surface area contributed by atoms with Gasteiger partial charge in [-0.05, 0) is 44.4 Å². The third-order valence-corrected chi connectivity index (χ3v) is 5.75. The molecule has 0 unspecified atom stereocenters. The number of nitrogens with zero attached hydrogens (tertiary/aromatic N) is 2. The SMILES string of the molecule is Cc1[nH]c2c(C)ccc(C)c2c1CC(=O)N(C)[C@H](C)c1nccs1. The molecule has 0 fully saturated rings. The van der Waals surface area contributed by atoms with E-state index in [9.17, 15) is 4.79 Å². The lowest BCUT2D eigenvalue weighted by molar-refractivity contribution is -0.131. The number of aromatic amines is 1. The number of carbonyl (C=O) groups excluding carboxylic acids is 1. The Morgan fingerprint density at radius 1 is 1.29 bits per heavy atom. The first-order valence-electron chi connectivity index (χ1n) is 8.12. The molecule has 2 aromatic heterocycles. The first kappa shape index (κ1) is 16.7. The van der Waals surface area contributed by atoms with Crippen molar-refractivity contribution in [2.75, 3.05) is 7.05 Å². The molecule has 0 radical (unpaired) electrons. The second-order valence-electron chi connectivity index (χ2n) is 6.41. The first-order valence-corrected chi connectivity index (χ1v) is 9.00. The summed E-state index contributed by atoms with van der Waals surface area (Å²) < 4.78 is 0. The summed E-state index contributed by atoms with van der Waals surface area (Å²) in [5, 5.41) is 4.10. The standard InChI is InChI=1S/C19H23N3OS/c1-11-6-7-12(2)18-17(11)15(13(3)21-18)10-16(23)22(5)14(4)19-20-8-9-24-19/h6-9,14,21H,10H2,1-5H3/t14-/m1/s1. The van der Waals surface area contributed by atoms with Crippen LogP contribution in [0, 0.1) is 20.8 Å². The van der Waals surface area contributed by atoms with Crippen LogP contribution >= 0.6 is 11.3 Å². The van der Waals surface area contributed by atoms with Crippen molar-refractivity contribution in [1.29, 1.82) is 0 Å². The number of rotatable bonds is 4. The Bertz CT molecular complexity index is 880. The third-order valence-electron chi connectivity index (χ3n) is 4.80. The Balaban J connectivity index is 1.91. The molecule has 3 aromatic rings. The largest absolute Gasteiger partial charge is 0.358 e. The zero-order chi connectivity index (χ0) is 17.4. The maximum absolute atomic E-state index is 12.8. The zero-order valence-corrected chi connectivity index (χ0v) is 15.6. The Labute approximate surface area is 146 Å². The van der Waals surface area contributed by atoms with Crippen LogP contribution in [0.3, 0.4) is 0 Å². The van der Waals surface area contributed by atoms with Crippen LogP contribution in [0.5, 0.6) is 0 Å². The minimum Gasteiger partial charge on any atom is -0.358 e. The van der Waals surface area contributed by atoms with E-state index in [4.69, 9.17) is 0 Å². The molecule has 4 nitrogen and oxygen atoms in total. The number of benzene rings is 1. The Morgan fingerprint density at radius 3 is 2.67 bits per heavy atom. The van der Waals surface area contributed by atoms with Crippen molar-refractivity contribution in [3.05, 3.63) is 51.1 Å². The number of thiazole rings is 1. The fourth-order valence-electron chi connectivity index (χ4n) is 3.13. The molecule has 1 atom stereocenters. The van der Waals surface area contributed by atoms with E-state index in [2.05, 4.69) is 35.9 Å². The number of hydrogen-bond donors (Lipinski definition) is 1. The maximum atomic E-state index is 12.8. The second-order valence-corrected chi connectivity index (χ2v) is 7.33. The third kappa shape index (κ3) is 2.84. The van der Waals surface area contributed by atoms with Crippen LogP contribution in [0.25, 0.3) is 10.9 Å². The highest BCUT2D eigenvalue weighted by molar-refractivity contribution is 7.09. The van der Waals surface area contributed by atoms with Crippen molar-refractivity contribution < 1.29 is 4.79 Å². The molecule has 1 aromatic carbocycles. The minimum absolute atomic E-state index is 0.00848. The van der Waals surface area contributed by atoms with Crippen molar-refractivity contribution in [2.24, 2.45) is 0 Å². The fraction of sp³-hybridized carbons (Fsp3) is 0.368. The van der Waals surface area contributed by atoms with Gasteiger partial charge in [-0.1, -0.05) is 12.1 Å². The van der Waals surface area contributed by atoms with Gasteiger partial charge in [0, 0.05) is 35.2 Å². The highest BCUT2D eigenvalue weighted by atomic mass is 32.1. The molecule has 2 heterocycles. The summed E-state index contributed by atoms with van der Waals surface area (Å²) >= 11 is 1.58. The van der Waals surface area contributed by atoms with Gasteiger partial charge in [0.15, 0.2) is 0 Å². The van der Waals surface area contributed by atoms with E-state index >= 15 is 0 Å². The second kappa shape index (κ2) is 6.40. The van der Waals surface area contributed by atoms with E-state index in [0.29, 0.717) is 6.42 Å². The molecule has 0 spiro atoms. The van der Waals surface area contributed by atoms with Crippen molar-refractivity contribution in [3.8, 4) is 0 Å². The molecule has 1 amide bonds. The zero-order valence-electron chi connectivity index (χ0n) is 14.8. The lowest BCUT2D eigenvalue weighted by atomic mass is 10.0. The molecule has 0 saturated carbocycles. The van der Waals surface area contributed by atoms with Crippen LogP contribution < -0.4 is 0 Å². The fourth-order valence-corrected chi connectivity index (χ4v) is 3.87. The Kier molecular flexibility index (Phi) is 4.45. The number of fused-ring (bicyclic) bond motifs is 1. The van der Waals surface area contributed by atoms with Gasteiger partial charge in [0.05, 0.1) is 12.5 Å². The molecule has 0 saturated heterocycles. The first-order chi connectivity index (χ1) is 11.4. The summed E-state index contributed by atoms with van der Waals surface area (Å²) in [6, 6.07) is 4.24. The lowest BCUT2D eigenvalue weighted by Gasteiger charge is -2.23. The Morgan fingerprint density at radius 2 is 2.00 bits per heavy atom. The van der Waals surface area contributed by atoms with Crippen LogP contribution in [-0.4, -0.2) is 27.8 Å². The smallest absolute Gasteiger partial charge is 0.227 e. The van der Waals surface area contributed by atoms with Gasteiger partial charge in [0.1, 0.15) is 5.01 Å². The molecule has 0 bridgehead atoms. The summed E-state index contributed by atoms with van der Waals surface area (Å²) in [5.41, 5.74) is 5.74. The maximum Gasteiger partial charge on any atom is 0.227 e. The van der Waals surface area contributed by atoms with E-state index in [1.165, 1.54) is 16.5 Å². The number of amides is 1. The van der Waals surface area contributed by atoms with E-state index in [1.807, 2.05) is 26.3 Å². The van der Waals surface area contributed by atoms with Gasteiger partial charge in [0.25, 0.3) is 0 Å². The average molecular weight is 341 g/mol. The van der Waals surface area contributed by atoms with Crippen LogP contribution in [0.15, 0.2) is 23.7 Å². The van der Waals surface area contributed by atoms with Crippen molar-refractivity contribution >= 4 is 28.1 Å². The van der Waals surface area contributed by atoms with Crippen molar-refractivity contribution in [1.82, 2.24) is 14.9 Å². The molecular weight excluding hydrogens is 318 g/mol. The highest BCUT2D eigenvalue weighted by Gasteiger charge is 2.22. The molecule has 1 N–H and O–H groups in total. The monoisotopic (exact) mass is 341 g/mol. The molecule has 5 heteroatoms. The predicted octanol–water partition coefficient (Wildman–Crippen LogP) is 4.31. The van der Waals surface area contributed by atoms with Gasteiger partial charge in [-0.2, -0.15) is 0 Å². The van der Waals surface area contributed by atoms with E-state index < -0.39 is 0 Å². The summed E-state index contributed by atoms with van der Waals surface area (Å²) in [6.07, 6.45) is 2.19. The average Bonchev–Trinajstić information content (AvgIpc) is 3.19. The van der Waals surface area contributed by atoms with Crippen LogP contribution in [0.4, 0.5) is 0 Å². The van der Waals surface area contributed by atoms with E-state index in [-0.39, 0.29) is 11.9 Å². The number of carbonyl (C=O) groups is 1. The number of aryl methyl sites for hydroxylation is 3.